The maximum absolute atomic E-state index is 12.6. The molecule has 2 aromatic rings. The number of benzene rings is 1. The highest BCUT2D eigenvalue weighted by molar-refractivity contribution is 5.97. The molecule has 1 aromatic heterocycles. The number of hydrogen-bond donors (Lipinski definition) is 1. The number of anilines is 1. The smallest absolute Gasteiger partial charge is 0.311 e. The monoisotopic (exact) mass is 313 g/mol. The summed E-state index contributed by atoms with van der Waals surface area (Å²) >= 11 is 0. The minimum atomic E-state index is -0.839. The van der Waals surface area contributed by atoms with Gasteiger partial charge in [-0.15, -0.1) is 0 Å². The first-order valence-electron chi connectivity index (χ1n) is 7.73. The van der Waals surface area contributed by atoms with Crippen LogP contribution in [0, 0.1) is 0 Å². The zero-order valence-electron chi connectivity index (χ0n) is 13.0. The van der Waals surface area contributed by atoms with E-state index in [9.17, 15) is 14.7 Å². The van der Waals surface area contributed by atoms with E-state index >= 15 is 0 Å². The van der Waals surface area contributed by atoms with E-state index < -0.39 is 11.9 Å². The van der Waals surface area contributed by atoms with Crippen molar-refractivity contribution < 1.29 is 14.7 Å². The molecule has 1 amide bonds. The van der Waals surface area contributed by atoms with Gasteiger partial charge in [0.2, 0.25) is 5.91 Å². The van der Waals surface area contributed by atoms with Crippen molar-refractivity contribution in [1.82, 2.24) is 9.78 Å². The Hall–Kier alpha value is -2.63. The molecule has 0 aliphatic carbocycles. The highest BCUT2D eigenvalue weighted by Gasteiger charge is 2.32. The molecule has 0 saturated heterocycles. The van der Waals surface area contributed by atoms with Crippen LogP contribution in [0.15, 0.2) is 36.7 Å². The Morgan fingerprint density at radius 2 is 2.13 bits per heavy atom. The van der Waals surface area contributed by atoms with Crippen molar-refractivity contribution in [1.29, 1.82) is 0 Å². The lowest BCUT2D eigenvalue weighted by atomic mass is 9.89. The SMILES string of the molecule is CCn1cc(CC(=O)N2CCC(C(=O)O)c3ccccc32)cn1. The zero-order valence-corrected chi connectivity index (χ0v) is 13.0. The first-order valence-corrected chi connectivity index (χ1v) is 7.73. The van der Waals surface area contributed by atoms with Crippen LogP contribution < -0.4 is 4.90 Å². The quantitative estimate of drug-likeness (QED) is 0.937. The Morgan fingerprint density at radius 1 is 1.35 bits per heavy atom. The molecular formula is C17H19N3O3. The van der Waals surface area contributed by atoms with Crippen molar-refractivity contribution >= 4 is 17.6 Å². The number of carbonyl (C=O) groups excluding carboxylic acids is 1. The predicted molar refractivity (Wildman–Crippen MR) is 85.4 cm³/mol. The highest BCUT2D eigenvalue weighted by atomic mass is 16.4. The molecule has 120 valence electrons. The van der Waals surface area contributed by atoms with Gasteiger partial charge in [0.05, 0.1) is 18.5 Å². The van der Waals surface area contributed by atoms with Gasteiger partial charge in [-0.2, -0.15) is 5.10 Å². The van der Waals surface area contributed by atoms with E-state index in [1.54, 1.807) is 21.8 Å². The minimum absolute atomic E-state index is 0.0306. The number of carbonyl (C=O) groups is 2. The van der Waals surface area contributed by atoms with Gasteiger partial charge in [0, 0.05) is 25.0 Å². The number of carboxylic acid groups (broad SMARTS) is 1. The van der Waals surface area contributed by atoms with Crippen molar-refractivity contribution in [2.75, 3.05) is 11.4 Å². The fourth-order valence-corrected chi connectivity index (χ4v) is 3.02. The lowest BCUT2D eigenvalue weighted by molar-refractivity contribution is -0.139. The van der Waals surface area contributed by atoms with E-state index in [2.05, 4.69) is 5.10 Å². The number of aryl methyl sites for hydroxylation is 1. The van der Waals surface area contributed by atoms with Crippen LogP contribution in [0.5, 0.6) is 0 Å². The average Bonchev–Trinajstić information content (AvgIpc) is 3.01. The fraction of sp³-hybridized carbons (Fsp3) is 0.353. The molecule has 23 heavy (non-hydrogen) atoms. The molecule has 1 aromatic carbocycles. The number of amides is 1. The number of fused-ring (bicyclic) bond motifs is 1. The summed E-state index contributed by atoms with van der Waals surface area (Å²) < 4.78 is 1.78. The first kappa shape index (κ1) is 15.3. The van der Waals surface area contributed by atoms with Gasteiger partial charge in [0.15, 0.2) is 0 Å². The number of carboxylic acids is 1. The third-order valence-corrected chi connectivity index (χ3v) is 4.21. The molecule has 1 aliphatic rings. The van der Waals surface area contributed by atoms with Crippen LogP contribution in [-0.2, 0) is 22.6 Å². The molecule has 0 bridgehead atoms. The Bertz CT molecular complexity index is 738. The third-order valence-electron chi connectivity index (χ3n) is 4.21. The summed E-state index contributed by atoms with van der Waals surface area (Å²) in [5.74, 6) is -1.41. The van der Waals surface area contributed by atoms with E-state index in [0.717, 1.165) is 12.1 Å². The summed E-state index contributed by atoms with van der Waals surface area (Å²) in [5, 5.41) is 13.5. The van der Waals surface area contributed by atoms with Gasteiger partial charge in [-0.3, -0.25) is 14.3 Å². The molecule has 0 fully saturated rings. The molecule has 6 heteroatoms. The molecule has 1 aliphatic heterocycles. The normalized spacial score (nSPS) is 16.9. The van der Waals surface area contributed by atoms with Gasteiger partial charge >= 0.3 is 5.97 Å². The third kappa shape index (κ3) is 2.97. The molecule has 0 spiro atoms. The topological polar surface area (TPSA) is 75.4 Å². The van der Waals surface area contributed by atoms with Crippen LogP contribution in [0.25, 0.3) is 0 Å². The maximum Gasteiger partial charge on any atom is 0.311 e. The number of para-hydroxylation sites is 1. The fourth-order valence-electron chi connectivity index (χ4n) is 3.02. The molecule has 3 rings (SSSR count). The van der Waals surface area contributed by atoms with Crippen LogP contribution in [0.3, 0.4) is 0 Å². The van der Waals surface area contributed by atoms with Crippen molar-refractivity contribution in [3.63, 3.8) is 0 Å². The van der Waals surface area contributed by atoms with Gasteiger partial charge in [0.25, 0.3) is 0 Å². The molecule has 6 nitrogen and oxygen atoms in total. The number of rotatable bonds is 4. The lowest BCUT2D eigenvalue weighted by Crippen LogP contribution is -2.39. The zero-order chi connectivity index (χ0) is 16.4. The Balaban J connectivity index is 1.83. The second-order valence-corrected chi connectivity index (χ2v) is 5.66. The number of aliphatic carboxylic acids is 1. The summed E-state index contributed by atoms with van der Waals surface area (Å²) in [4.78, 5) is 25.7. The van der Waals surface area contributed by atoms with Crippen LogP contribution in [0.4, 0.5) is 5.69 Å². The van der Waals surface area contributed by atoms with Gasteiger partial charge in [0.1, 0.15) is 0 Å². The van der Waals surface area contributed by atoms with Crippen molar-refractivity contribution in [3.05, 3.63) is 47.8 Å². The number of aromatic nitrogens is 2. The average molecular weight is 313 g/mol. The van der Waals surface area contributed by atoms with Crippen LogP contribution >= 0.6 is 0 Å². The largest absolute Gasteiger partial charge is 0.481 e. The van der Waals surface area contributed by atoms with E-state index in [-0.39, 0.29) is 12.3 Å². The van der Waals surface area contributed by atoms with E-state index in [1.165, 1.54) is 0 Å². The van der Waals surface area contributed by atoms with Gasteiger partial charge in [-0.05, 0) is 30.5 Å². The van der Waals surface area contributed by atoms with Crippen molar-refractivity contribution in [2.45, 2.75) is 32.2 Å². The second-order valence-electron chi connectivity index (χ2n) is 5.66. The van der Waals surface area contributed by atoms with Gasteiger partial charge in [-0.25, -0.2) is 0 Å². The van der Waals surface area contributed by atoms with Gasteiger partial charge in [-0.1, -0.05) is 18.2 Å². The van der Waals surface area contributed by atoms with Crippen LogP contribution in [0.1, 0.15) is 30.4 Å². The Kier molecular flexibility index (Phi) is 4.14. The predicted octanol–water partition coefficient (Wildman–Crippen LogP) is 2.05. The van der Waals surface area contributed by atoms with Crippen molar-refractivity contribution in [3.8, 4) is 0 Å². The van der Waals surface area contributed by atoms with Gasteiger partial charge < -0.3 is 10.0 Å². The molecule has 2 heterocycles. The standard InChI is InChI=1S/C17H19N3O3/c1-2-19-11-12(10-18-19)9-16(21)20-8-7-14(17(22)23)13-5-3-4-6-15(13)20/h3-6,10-11,14H,2,7-9H2,1H3,(H,22,23). The van der Waals surface area contributed by atoms with Crippen LogP contribution in [-0.4, -0.2) is 33.3 Å². The highest BCUT2D eigenvalue weighted by Crippen LogP contribution is 2.35. The molecule has 1 N–H and O–H groups in total. The summed E-state index contributed by atoms with van der Waals surface area (Å²) in [6, 6.07) is 7.26. The molecule has 1 unspecified atom stereocenters. The summed E-state index contributed by atoms with van der Waals surface area (Å²) in [6.07, 6.45) is 4.28. The molecule has 1 atom stereocenters. The second kappa shape index (κ2) is 6.24. The van der Waals surface area contributed by atoms with Crippen molar-refractivity contribution in [2.24, 2.45) is 0 Å². The number of nitrogens with zero attached hydrogens (tertiary/aromatic N) is 3. The molecular weight excluding hydrogens is 294 g/mol. The summed E-state index contributed by atoms with van der Waals surface area (Å²) in [7, 11) is 0. The Labute approximate surface area is 134 Å². The summed E-state index contributed by atoms with van der Waals surface area (Å²) in [6.45, 7) is 3.18. The summed E-state index contributed by atoms with van der Waals surface area (Å²) in [5.41, 5.74) is 2.29. The van der Waals surface area contributed by atoms with E-state index in [0.29, 0.717) is 24.2 Å². The first-order chi connectivity index (χ1) is 11.1. The van der Waals surface area contributed by atoms with Crippen LogP contribution in [0.2, 0.25) is 0 Å². The Morgan fingerprint density at radius 3 is 2.83 bits per heavy atom. The maximum atomic E-state index is 12.6. The minimum Gasteiger partial charge on any atom is -0.481 e. The lowest BCUT2D eigenvalue weighted by Gasteiger charge is -2.32. The number of hydrogen-bond acceptors (Lipinski definition) is 3. The van der Waals surface area contributed by atoms with E-state index in [4.69, 9.17) is 0 Å². The van der Waals surface area contributed by atoms with E-state index in [1.807, 2.05) is 31.3 Å². The molecule has 0 radical (unpaired) electrons. The molecule has 0 saturated carbocycles.